The molecule has 2 aliphatic rings. The van der Waals surface area contributed by atoms with Crippen molar-refractivity contribution >= 4 is 21.4 Å². The summed E-state index contributed by atoms with van der Waals surface area (Å²) in [5.74, 6) is -0.542. The molecule has 19 heavy (non-hydrogen) atoms. The molecule has 5 nitrogen and oxygen atoms in total. The summed E-state index contributed by atoms with van der Waals surface area (Å²) in [6, 6.07) is 3.41. The van der Waals surface area contributed by atoms with Crippen LogP contribution < -0.4 is 0 Å². The minimum Gasteiger partial charge on any atom is -0.350 e. The van der Waals surface area contributed by atoms with Gasteiger partial charge in [0, 0.05) is 25.9 Å². The minimum absolute atomic E-state index is 0.411. The SMILES string of the molecule is O=S(=O)(c1cccs1)N1CCC2(CC1)OCCCO2. The topological polar surface area (TPSA) is 55.8 Å². The smallest absolute Gasteiger partial charge is 0.252 e. The fourth-order valence-corrected chi connectivity index (χ4v) is 5.10. The van der Waals surface area contributed by atoms with Crippen LogP contribution in [0.4, 0.5) is 0 Å². The maximum atomic E-state index is 12.4. The monoisotopic (exact) mass is 303 g/mol. The first kappa shape index (κ1) is 13.5. The van der Waals surface area contributed by atoms with E-state index in [0.29, 0.717) is 43.4 Å². The number of piperidine rings is 1. The molecule has 106 valence electrons. The van der Waals surface area contributed by atoms with Crippen LogP contribution in [0.3, 0.4) is 0 Å². The molecular weight excluding hydrogens is 286 g/mol. The largest absolute Gasteiger partial charge is 0.350 e. The van der Waals surface area contributed by atoms with Gasteiger partial charge in [0.1, 0.15) is 4.21 Å². The first-order valence-electron chi connectivity index (χ1n) is 6.44. The van der Waals surface area contributed by atoms with Crippen molar-refractivity contribution in [2.24, 2.45) is 0 Å². The van der Waals surface area contributed by atoms with Gasteiger partial charge in [-0.05, 0) is 17.9 Å². The lowest BCUT2D eigenvalue weighted by molar-refractivity contribution is -0.280. The Kier molecular flexibility index (Phi) is 3.65. The number of hydrogen-bond acceptors (Lipinski definition) is 5. The van der Waals surface area contributed by atoms with E-state index in [1.165, 1.54) is 15.6 Å². The maximum Gasteiger partial charge on any atom is 0.252 e. The van der Waals surface area contributed by atoms with Crippen LogP contribution in [0.25, 0.3) is 0 Å². The highest BCUT2D eigenvalue weighted by atomic mass is 32.2. The molecule has 1 aromatic heterocycles. The normalized spacial score (nSPS) is 24.6. The van der Waals surface area contributed by atoms with Crippen molar-refractivity contribution in [2.75, 3.05) is 26.3 Å². The van der Waals surface area contributed by atoms with Crippen molar-refractivity contribution in [3.05, 3.63) is 17.5 Å². The first-order valence-corrected chi connectivity index (χ1v) is 8.76. The molecule has 1 spiro atoms. The fraction of sp³-hybridized carbons (Fsp3) is 0.667. The summed E-state index contributed by atoms with van der Waals surface area (Å²) in [6.45, 7) is 2.33. The van der Waals surface area contributed by atoms with E-state index in [9.17, 15) is 8.42 Å². The Morgan fingerprint density at radius 1 is 1.21 bits per heavy atom. The van der Waals surface area contributed by atoms with Crippen LogP contribution in [0, 0.1) is 0 Å². The van der Waals surface area contributed by atoms with Crippen LogP contribution in [-0.2, 0) is 19.5 Å². The predicted molar refractivity (Wildman–Crippen MR) is 71.6 cm³/mol. The Morgan fingerprint density at radius 2 is 1.89 bits per heavy atom. The highest BCUT2D eigenvalue weighted by Crippen LogP contribution is 2.33. The van der Waals surface area contributed by atoms with Gasteiger partial charge in [-0.25, -0.2) is 8.42 Å². The van der Waals surface area contributed by atoms with Gasteiger partial charge in [-0.1, -0.05) is 6.07 Å². The Hall–Kier alpha value is -0.470. The van der Waals surface area contributed by atoms with Crippen molar-refractivity contribution in [2.45, 2.75) is 29.3 Å². The summed E-state index contributed by atoms with van der Waals surface area (Å²) in [6.07, 6.45) is 2.13. The highest BCUT2D eigenvalue weighted by molar-refractivity contribution is 7.91. The zero-order valence-electron chi connectivity index (χ0n) is 10.6. The summed E-state index contributed by atoms with van der Waals surface area (Å²) in [5, 5.41) is 1.78. The van der Waals surface area contributed by atoms with Gasteiger partial charge >= 0.3 is 0 Å². The molecule has 0 unspecified atom stereocenters. The molecule has 0 aliphatic carbocycles. The predicted octanol–water partition coefficient (Wildman–Crippen LogP) is 1.67. The maximum absolute atomic E-state index is 12.4. The van der Waals surface area contributed by atoms with Crippen molar-refractivity contribution in [1.29, 1.82) is 0 Å². The number of ether oxygens (including phenoxy) is 2. The number of sulfonamides is 1. The van der Waals surface area contributed by atoms with Gasteiger partial charge in [-0.2, -0.15) is 4.31 Å². The van der Waals surface area contributed by atoms with E-state index < -0.39 is 15.8 Å². The second-order valence-corrected chi connectivity index (χ2v) is 7.91. The third kappa shape index (κ3) is 2.57. The van der Waals surface area contributed by atoms with Crippen LogP contribution in [-0.4, -0.2) is 44.8 Å². The summed E-state index contributed by atoms with van der Waals surface area (Å²) >= 11 is 1.26. The molecule has 0 bridgehead atoms. The van der Waals surface area contributed by atoms with E-state index >= 15 is 0 Å². The third-order valence-electron chi connectivity index (χ3n) is 3.59. The Balaban J connectivity index is 1.70. The second kappa shape index (κ2) is 5.14. The van der Waals surface area contributed by atoms with Crippen molar-refractivity contribution in [3.63, 3.8) is 0 Å². The molecule has 3 rings (SSSR count). The highest BCUT2D eigenvalue weighted by Gasteiger charge is 2.41. The van der Waals surface area contributed by atoms with E-state index in [2.05, 4.69) is 0 Å². The first-order chi connectivity index (χ1) is 9.12. The zero-order chi connectivity index (χ0) is 13.3. The summed E-state index contributed by atoms with van der Waals surface area (Å²) < 4.78 is 38.1. The Labute approximate surface area is 117 Å². The van der Waals surface area contributed by atoms with Crippen LogP contribution in [0.5, 0.6) is 0 Å². The van der Waals surface area contributed by atoms with Crippen molar-refractivity contribution in [1.82, 2.24) is 4.31 Å². The molecule has 0 aromatic carbocycles. The van der Waals surface area contributed by atoms with Crippen LogP contribution in [0.1, 0.15) is 19.3 Å². The summed E-state index contributed by atoms with van der Waals surface area (Å²) in [5.41, 5.74) is 0. The van der Waals surface area contributed by atoms with E-state index in [4.69, 9.17) is 9.47 Å². The zero-order valence-corrected chi connectivity index (χ0v) is 12.2. The molecule has 0 radical (unpaired) electrons. The average molecular weight is 303 g/mol. The summed E-state index contributed by atoms with van der Waals surface area (Å²) in [7, 11) is -3.33. The molecule has 2 aliphatic heterocycles. The molecule has 2 saturated heterocycles. The van der Waals surface area contributed by atoms with Crippen LogP contribution >= 0.6 is 11.3 Å². The van der Waals surface area contributed by atoms with Gasteiger partial charge in [0.2, 0.25) is 0 Å². The van der Waals surface area contributed by atoms with E-state index in [1.54, 1.807) is 17.5 Å². The molecule has 0 amide bonds. The molecule has 3 heterocycles. The van der Waals surface area contributed by atoms with E-state index in [-0.39, 0.29) is 0 Å². The number of rotatable bonds is 2. The lowest BCUT2D eigenvalue weighted by Gasteiger charge is -2.42. The van der Waals surface area contributed by atoms with E-state index in [1.807, 2.05) is 0 Å². The van der Waals surface area contributed by atoms with Crippen molar-refractivity contribution in [3.8, 4) is 0 Å². The Morgan fingerprint density at radius 3 is 2.47 bits per heavy atom. The number of nitrogens with zero attached hydrogens (tertiary/aromatic N) is 1. The quantitative estimate of drug-likeness (QED) is 0.834. The van der Waals surface area contributed by atoms with Gasteiger partial charge in [0.05, 0.1) is 13.2 Å². The molecule has 0 N–H and O–H groups in total. The number of hydrogen-bond donors (Lipinski definition) is 0. The fourth-order valence-electron chi connectivity index (χ4n) is 2.51. The Bertz CT molecular complexity index is 510. The molecule has 0 saturated carbocycles. The van der Waals surface area contributed by atoms with E-state index in [0.717, 1.165) is 6.42 Å². The van der Waals surface area contributed by atoms with Gasteiger partial charge in [-0.15, -0.1) is 11.3 Å². The average Bonchev–Trinajstić information content (AvgIpc) is 2.95. The van der Waals surface area contributed by atoms with Gasteiger partial charge < -0.3 is 9.47 Å². The van der Waals surface area contributed by atoms with Gasteiger partial charge in [0.25, 0.3) is 10.0 Å². The van der Waals surface area contributed by atoms with Crippen molar-refractivity contribution < 1.29 is 17.9 Å². The van der Waals surface area contributed by atoms with Crippen LogP contribution in [0.2, 0.25) is 0 Å². The van der Waals surface area contributed by atoms with Gasteiger partial charge in [0.15, 0.2) is 5.79 Å². The third-order valence-corrected chi connectivity index (χ3v) is 6.86. The summed E-state index contributed by atoms with van der Waals surface area (Å²) in [4.78, 5) is 0. The van der Waals surface area contributed by atoms with Crippen LogP contribution in [0.15, 0.2) is 21.7 Å². The van der Waals surface area contributed by atoms with Gasteiger partial charge in [-0.3, -0.25) is 0 Å². The molecule has 1 aromatic rings. The standard InChI is InChI=1S/C12H17NO4S2/c14-19(15,11-3-1-10-18-11)13-6-4-12(5-7-13)16-8-2-9-17-12/h1,3,10H,2,4-9H2. The lowest BCUT2D eigenvalue weighted by Crippen LogP contribution is -2.51. The minimum atomic E-state index is -3.33. The molecule has 7 heteroatoms. The lowest BCUT2D eigenvalue weighted by atomic mass is 10.0. The molecule has 0 atom stereocenters. The molecule has 2 fully saturated rings. The molecular formula is C12H17NO4S2. The second-order valence-electron chi connectivity index (χ2n) is 4.80. The number of thiophene rings is 1.